The Kier molecular flexibility index (Phi) is 3.17. The maximum atomic E-state index is 12.9. The summed E-state index contributed by atoms with van der Waals surface area (Å²) in [4.78, 5) is 16.8. The van der Waals surface area contributed by atoms with Crippen LogP contribution in [-0.4, -0.2) is 28.7 Å². The zero-order valence-corrected chi connectivity index (χ0v) is 10.7. The molecule has 0 atom stereocenters. The minimum atomic E-state index is -0.486. The number of rotatable bonds is 2. The van der Waals surface area contributed by atoms with Gasteiger partial charge in [-0.3, -0.25) is 9.36 Å². The van der Waals surface area contributed by atoms with E-state index in [4.69, 9.17) is 4.74 Å². The Bertz CT molecular complexity index is 543. The molecule has 0 radical (unpaired) electrons. The summed E-state index contributed by atoms with van der Waals surface area (Å²) in [6, 6.07) is 9.99. The van der Waals surface area contributed by atoms with E-state index in [0.29, 0.717) is 26.1 Å². The molecule has 0 saturated carbocycles. The van der Waals surface area contributed by atoms with Crippen LogP contribution in [0.4, 0.5) is 0 Å². The summed E-state index contributed by atoms with van der Waals surface area (Å²) in [5.41, 5.74) is 0.581. The molecule has 19 heavy (non-hydrogen) atoms. The van der Waals surface area contributed by atoms with E-state index in [-0.39, 0.29) is 5.91 Å². The molecule has 4 heteroatoms. The maximum absolute atomic E-state index is 12.9. The van der Waals surface area contributed by atoms with Gasteiger partial charge in [0, 0.05) is 25.6 Å². The van der Waals surface area contributed by atoms with Crippen LogP contribution in [0.25, 0.3) is 0 Å². The monoisotopic (exact) mass is 256 g/mol. The summed E-state index contributed by atoms with van der Waals surface area (Å²) < 4.78 is 7.02. The van der Waals surface area contributed by atoms with Gasteiger partial charge in [0.25, 0.3) is 0 Å². The number of carbonyl (C=O) groups excluding carboxylic acids is 1. The van der Waals surface area contributed by atoms with Crippen LogP contribution in [0.3, 0.4) is 0 Å². The molecule has 0 N–H and O–H groups in total. The SMILES string of the molecule is O=C(n1ccnc1)C1(c2ccccc2)CCOCC1. The van der Waals surface area contributed by atoms with Crippen molar-refractivity contribution in [2.24, 2.45) is 0 Å². The van der Waals surface area contributed by atoms with Gasteiger partial charge in [-0.1, -0.05) is 30.3 Å². The first kappa shape index (κ1) is 12.1. The fourth-order valence-corrected chi connectivity index (χ4v) is 2.73. The van der Waals surface area contributed by atoms with Gasteiger partial charge in [0.2, 0.25) is 5.91 Å². The third-order valence-corrected chi connectivity index (χ3v) is 3.82. The second-order valence-electron chi connectivity index (χ2n) is 4.84. The van der Waals surface area contributed by atoms with E-state index in [0.717, 1.165) is 5.56 Å². The molecule has 1 fully saturated rings. The second-order valence-corrected chi connectivity index (χ2v) is 4.84. The van der Waals surface area contributed by atoms with Crippen LogP contribution in [0, 0.1) is 0 Å². The number of nitrogens with zero attached hydrogens (tertiary/aromatic N) is 2. The smallest absolute Gasteiger partial charge is 0.242 e. The quantitative estimate of drug-likeness (QED) is 0.828. The minimum Gasteiger partial charge on any atom is -0.381 e. The van der Waals surface area contributed by atoms with Crippen molar-refractivity contribution < 1.29 is 9.53 Å². The molecule has 1 aromatic carbocycles. The van der Waals surface area contributed by atoms with Gasteiger partial charge in [0.05, 0.1) is 5.41 Å². The Morgan fingerprint density at radius 3 is 2.58 bits per heavy atom. The van der Waals surface area contributed by atoms with E-state index in [9.17, 15) is 4.79 Å². The van der Waals surface area contributed by atoms with Gasteiger partial charge in [-0.2, -0.15) is 0 Å². The van der Waals surface area contributed by atoms with E-state index in [1.807, 2.05) is 30.3 Å². The average molecular weight is 256 g/mol. The molecule has 0 spiro atoms. The van der Waals surface area contributed by atoms with E-state index in [1.54, 1.807) is 23.3 Å². The van der Waals surface area contributed by atoms with Crippen molar-refractivity contribution in [1.29, 1.82) is 0 Å². The molecule has 1 aliphatic rings. The Labute approximate surface area is 112 Å². The Hall–Kier alpha value is -1.94. The Balaban J connectivity index is 2.04. The molecule has 2 aromatic rings. The van der Waals surface area contributed by atoms with Gasteiger partial charge in [0.15, 0.2) is 0 Å². The highest BCUT2D eigenvalue weighted by Gasteiger charge is 2.42. The summed E-state index contributed by atoms with van der Waals surface area (Å²) >= 11 is 0. The topological polar surface area (TPSA) is 44.1 Å². The zero-order valence-electron chi connectivity index (χ0n) is 10.7. The lowest BCUT2D eigenvalue weighted by molar-refractivity contribution is 0.0366. The summed E-state index contributed by atoms with van der Waals surface area (Å²) in [6.07, 6.45) is 6.35. The first-order chi connectivity index (χ1) is 9.33. The number of aromatic nitrogens is 2. The van der Waals surface area contributed by atoms with Crippen molar-refractivity contribution in [3.63, 3.8) is 0 Å². The molecule has 4 nitrogen and oxygen atoms in total. The lowest BCUT2D eigenvalue weighted by atomic mass is 9.73. The molecule has 0 unspecified atom stereocenters. The normalized spacial score (nSPS) is 18.1. The molecule has 98 valence electrons. The highest BCUT2D eigenvalue weighted by atomic mass is 16.5. The molecule has 1 aliphatic heterocycles. The number of hydrogen-bond donors (Lipinski definition) is 0. The molecule has 2 heterocycles. The van der Waals surface area contributed by atoms with Crippen LogP contribution in [-0.2, 0) is 10.2 Å². The predicted octanol–water partition coefficient (Wildman–Crippen LogP) is 2.27. The number of benzene rings is 1. The summed E-state index contributed by atoms with van der Waals surface area (Å²) in [5.74, 6) is 0.0829. The molecule has 1 aromatic heterocycles. The Morgan fingerprint density at radius 2 is 1.95 bits per heavy atom. The van der Waals surface area contributed by atoms with Crippen LogP contribution in [0.15, 0.2) is 49.1 Å². The predicted molar refractivity (Wildman–Crippen MR) is 71.0 cm³/mol. The first-order valence-corrected chi connectivity index (χ1v) is 6.49. The summed E-state index contributed by atoms with van der Waals surface area (Å²) in [5, 5.41) is 0. The largest absolute Gasteiger partial charge is 0.381 e. The van der Waals surface area contributed by atoms with Crippen molar-refractivity contribution in [1.82, 2.24) is 9.55 Å². The van der Waals surface area contributed by atoms with Gasteiger partial charge in [-0.05, 0) is 18.4 Å². The Morgan fingerprint density at radius 1 is 1.21 bits per heavy atom. The fourth-order valence-electron chi connectivity index (χ4n) is 2.73. The number of ether oxygens (including phenoxy) is 1. The van der Waals surface area contributed by atoms with Crippen molar-refractivity contribution in [3.8, 4) is 0 Å². The first-order valence-electron chi connectivity index (χ1n) is 6.49. The zero-order chi connectivity index (χ0) is 13.1. The van der Waals surface area contributed by atoms with Crippen LogP contribution < -0.4 is 0 Å². The minimum absolute atomic E-state index is 0.0829. The van der Waals surface area contributed by atoms with Crippen LogP contribution in [0.2, 0.25) is 0 Å². The van der Waals surface area contributed by atoms with E-state index in [1.165, 1.54) is 0 Å². The second kappa shape index (κ2) is 4.97. The van der Waals surface area contributed by atoms with Crippen molar-refractivity contribution in [2.45, 2.75) is 18.3 Å². The van der Waals surface area contributed by atoms with Gasteiger partial charge in [0.1, 0.15) is 6.33 Å². The highest BCUT2D eigenvalue weighted by Crippen LogP contribution is 2.36. The highest BCUT2D eigenvalue weighted by molar-refractivity contribution is 5.90. The lowest BCUT2D eigenvalue weighted by Crippen LogP contribution is -2.43. The fraction of sp³-hybridized carbons (Fsp3) is 0.333. The average Bonchev–Trinajstić information content (AvgIpc) is 3.02. The van der Waals surface area contributed by atoms with Gasteiger partial charge in [-0.25, -0.2) is 4.98 Å². The molecule has 0 bridgehead atoms. The molecule has 0 aliphatic carbocycles. The summed E-state index contributed by atoms with van der Waals surface area (Å²) in [6.45, 7) is 1.24. The number of hydrogen-bond acceptors (Lipinski definition) is 3. The van der Waals surface area contributed by atoms with Crippen molar-refractivity contribution in [3.05, 3.63) is 54.6 Å². The standard InChI is InChI=1S/C15H16N2O2/c18-14(17-9-8-16-12-17)15(6-10-19-11-7-15)13-4-2-1-3-5-13/h1-5,8-9,12H,6-7,10-11H2. The van der Waals surface area contributed by atoms with E-state index in [2.05, 4.69) is 4.98 Å². The van der Waals surface area contributed by atoms with Gasteiger partial charge < -0.3 is 4.74 Å². The van der Waals surface area contributed by atoms with Gasteiger partial charge >= 0.3 is 0 Å². The van der Waals surface area contributed by atoms with Crippen molar-refractivity contribution in [2.75, 3.05) is 13.2 Å². The van der Waals surface area contributed by atoms with E-state index >= 15 is 0 Å². The maximum Gasteiger partial charge on any atom is 0.242 e. The van der Waals surface area contributed by atoms with E-state index < -0.39 is 5.41 Å². The van der Waals surface area contributed by atoms with Crippen LogP contribution >= 0.6 is 0 Å². The van der Waals surface area contributed by atoms with Crippen LogP contribution in [0.5, 0.6) is 0 Å². The van der Waals surface area contributed by atoms with Crippen LogP contribution in [0.1, 0.15) is 23.2 Å². The molecule has 1 saturated heterocycles. The summed E-state index contributed by atoms with van der Waals surface area (Å²) in [7, 11) is 0. The third-order valence-electron chi connectivity index (χ3n) is 3.82. The number of imidazole rings is 1. The molecule has 0 amide bonds. The lowest BCUT2D eigenvalue weighted by Gasteiger charge is -2.36. The third kappa shape index (κ3) is 2.08. The molecular weight excluding hydrogens is 240 g/mol. The number of carbonyl (C=O) groups is 1. The molecular formula is C15H16N2O2. The van der Waals surface area contributed by atoms with Crippen molar-refractivity contribution >= 4 is 5.91 Å². The molecule has 3 rings (SSSR count). The van der Waals surface area contributed by atoms with Gasteiger partial charge in [-0.15, -0.1) is 0 Å².